The Hall–Kier alpha value is -3.27. The molecule has 0 radical (unpaired) electrons. The molecule has 1 N–H and O–H groups in total. The smallest absolute Gasteiger partial charge is 0.416 e. The number of nitrogens with one attached hydrogen (secondary N) is 1. The monoisotopic (exact) mass is 480 g/mol. The maximum Gasteiger partial charge on any atom is 0.416 e. The fraction of sp³-hybridized carbons (Fsp3) is 0.417. The molecular weight excluding hydrogens is 453 g/mol. The highest BCUT2D eigenvalue weighted by atomic mass is 19.4. The number of carbonyl (C=O) groups excluding carboxylic acids is 2. The van der Waals surface area contributed by atoms with Crippen molar-refractivity contribution in [2.75, 3.05) is 45.3 Å². The Kier molecular flexibility index (Phi) is 8.75. The fourth-order valence-electron chi connectivity index (χ4n) is 3.54. The second kappa shape index (κ2) is 11.7. The van der Waals surface area contributed by atoms with Gasteiger partial charge in [0.2, 0.25) is 5.91 Å². The lowest BCUT2D eigenvalue weighted by molar-refractivity contribution is -0.137. The zero-order valence-electron chi connectivity index (χ0n) is 18.8. The highest BCUT2D eigenvalue weighted by Crippen LogP contribution is 2.35. The number of amides is 2. The van der Waals surface area contributed by atoms with Crippen LogP contribution < -0.4 is 14.8 Å². The van der Waals surface area contributed by atoms with Crippen molar-refractivity contribution in [2.24, 2.45) is 5.92 Å². The van der Waals surface area contributed by atoms with Crippen LogP contribution in [0, 0.1) is 5.92 Å². The summed E-state index contributed by atoms with van der Waals surface area (Å²) < 4.78 is 55.3. The van der Waals surface area contributed by atoms with Crippen LogP contribution in [-0.4, -0.2) is 56.7 Å². The molecule has 2 aromatic carbocycles. The van der Waals surface area contributed by atoms with Gasteiger partial charge in [0, 0.05) is 26.1 Å². The van der Waals surface area contributed by atoms with Gasteiger partial charge in [-0.05, 0) is 43.2 Å². The van der Waals surface area contributed by atoms with E-state index in [9.17, 15) is 22.8 Å². The minimum absolute atomic E-state index is 0.0503. The molecule has 0 saturated carbocycles. The SMILES string of the molecule is COCCOc1ccc(C(F)(F)F)cc1NC(=O)C1CCN(C(=O)COc2ccccc2)CC1. The summed E-state index contributed by atoms with van der Waals surface area (Å²) in [4.78, 5) is 26.8. The van der Waals surface area contributed by atoms with Gasteiger partial charge in [0.05, 0.1) is 17.9 Å². The van der Waals surface area contributed by atoms with Crippen LogP contribution in [0.3, 0.4) is 0 Å². The second-order valence-electron chi connectivity index (χ2n) is 7.80. The number of alkyl halides is 3. The quantitative estimate of drug-likeness (QED) is 0.550. The van der Waals surface area contributed by atoms with E-state index in [1.807, 2.05) is 18.2 Å². The number of ether oxygens (including phenoxy) is 3. The highest BCUT2D eigenvalue weighted by Gasteiger charge is 2.32. The Morgan fingerprint density at radius 2 is 1.74 bits per heavy atom. The third kappa shape index (κ3) is 7.11. The van der Waals surface area contributed by atoms with Crippen LogP contribution in [0.5, 0.6) is 11.5 Å². The van der Waals surface area contributed by atoms with Crippen LogP contribution >= 0.6 is 0 Å². The fourth-order valence-corrected chi connectivity index (χ4v) is 3.54. The lowest BCUT2D eigenvalue weighted by Crippen LogP contribution is -2.43. The molecule has 1 saturated heterocycles. The molecule has 1 aliphatic rings. The van der Waals surface area contributed by atoms with E-state index in [0.717, 1.165) is 12.1 Å². The summed E-state index contributed by atoms with van der Waals surface area (Å²) in [7, 11) is 1.48. The number of hydrogen-bond acceptors (Lipinski definition) is 5. The van der Waals surface area contributed by atoms with Gasteiger partial charge in [-0.2, -0.15) is 13.2 Å². The molecule has 2 aromatic rings. The van der Waals surface area contributed by atoms with Crippen LogP contribution in [0.2, 0.25) is 0 Å². The first-order valence-corrected chi connectivity index (χ1v) is 10.9. The number of para-hydroxylation sites is 1. The number of likely N-dealkylation sites (tertiary alicyclic amines) is 1. The molecule has 2 amide bonds. The minimum atomic E-state index is -4.56. The molecule has 1 aliphatic heterocycles. The maximum atomic E-state index is 13.2. The molecule has 0 aromatic heterocycles. The van der Waals surface area contributed by atoms with E-state index in [1.165, 1.54) is 13.2 Å². The van der Waals surface area contributed by atoms with E-state index in [0.29, 0.717) is 31.7 Å². The van der Waals surface area contributed by atoms with E-state index >= 15 is 0 Å². The topological polar surface area (TPSA) is 77.1 Å². The van der Waals surface area contributed by atoms with Crippen molar-refractivity contribution in [3.63, 3.8) is 0 Å². The first kappa shape index (κ1) is 25.4. The summed E-state index contributed by atoms with van der Waals surface area (Å²) in [6.45, 7) is 0.974. The van der Waals surface area contributed by atoms with Gasteiger partial charge in [-0.1, -0.05) is 18.2 Å². The first-order valence-electron chi connectivity index (χ1n) is 10.9. The van der Waals surface area contributed by atoms with Gasteiger partial charge < -0.3 is 24.4 Å². The van der Waals surface area contributed by atoms with Crippen LogP contribution in [0.1, 0.15) is 18.4 Å². The van der Waals surface area contributed by atoms with E-state index < -0.39 is 23.6 Å². The lowest BCUT2D eigenvalue weighted by atomic mass is 9.95. The Labute approximate surface area is 195 Å². The first-order chi connectivity index (χ1) is 16.3. The maximum absolute atomic E-state index is 13.2. The van der Waals surface area contributed by atoms with Crippen molar-refractivity contribution in [2.45, 2.75) is 19.0 Å². The van der Waals surface area contributed by atoms with Crippen molar-refractivity contribution < 1.29 is 37.0 Å². The third-order valence-electron chi connectivity index (χ3n) is 5.43. The van der Waals surface area contributed by atoms with Gasteiger partial charge in [0.15, 0.2) is 6.61 Å². The predicted molar refractivity (Wildman–Crippen MR) is 119 cm³/mol. The number of nitrogens with zero attached hydrogens (tertiary/aromatic N) is 1. The largest absolute Gasteiger partial charge is 0.489 e. The van der Waals surface area contributed by atoms with Crippen molar-refractivity contribution in [3.8, 4) is 11.5 Å². The predicted octanol–water partition coefficient (Wildman–Crippen LogP) is 3.99. The molecule has 10 heteroatoms. The van der Waals surface area contributed by atoms with Gasteiger partial charge in [0.25, 0.3) is 5.91 Å². The zero-order valence-corrected chi connectivity index (χ0v) is 18.8. The molecule has 0 spiro atoms. The summed E-state index contributed by atoms with van der Waals surface area (Å²) in [6.07, 6.45) is -3.78. The Bertz CT molecular complexity index is 961. The number of rotatable bonds is 9. The van der Waals surface area contributed by atoms with Crippen molar-refractivity contribution >= 4 is 17.5 Å². The number of benzene rings is 2. The van der Waals surface area contributed by atoms with E-state index in [-0.39, 0.29) is 37.2 Å². The van der Waals surface area contributed by atoms with Crippen molar-refractivity contribution in [1.29, 1.82) is 0 Å². The second-order valence-corrected chi connectivity index (χ2v) is 7.80. The Morgan fingerprint density at radius 3 is 2.38 bits per heavy atom. The van der Waals surface area contributed by atoms with Crippen LogP contribution in [0.25, 0.3) is 0 Å². The number of halogens is 3. The summed E-state index contributed by atoms with van der Waals surface area (Å²) in [5.74, 6) is -0.322. The molecule has 184 valence electrons. The third-order valence-corrected chi connectivity index (χ3v) is 5.43. The number of piperidine rings is 1. The summed E-state index contributed by atoms with van der Waals surface area (Å²) in [6, 6.07) is 11.9. The van der Waals surface area contributed by atoms with Gasteiger partial charge in [-0.3, -0.25) is 9.59 Å². The van der Waals surface area contributed by atoms with E-state index in [4.69, 9.17) is 14.2 Å². The highest BCUT2D eigenvalue weighted by molar-refractivity contribution is 5.94. The molecule has 0 atom stereocenters. The summed E-state index contributed by atoms with van der Waals surface area (Å²) in [5, 5.41) is 2.58. The average Bonchev–Trinajstić information content (AvgIpc) is 2.83. The molecular formula is C24H27F3N2O5. The van der Waals surface area contributed by atoms with Gasteiger partial charge in [-0.15, -0.1) is 0 Å². The van der Waals surface area contributed by atoms with Crippen molar-refractivity contribution in [1.82, 2.24) is 4.90 Å². The standard InChI is InChI=1S/C24H27F3N2O5/c1-32-13-14-33-21-8-7-18(24(25,26)27)15-20(21)28-23(31)17-9-11-29(12-10-17)22(30)16-34-19-5-3-2-4-6-19/h2-8,15,17H,9-14,16H2,1H3,(H,28,31). The van der Waals surface area contributed by atoms with Crippen LogP contribution in [0.4, 0.5) is 18.9 Å². The molecule has 1 heterocycles. The molecule has 3 rings (SSSR count). The summed E-state index contributed by atoms with van der Waals surface area (Å²) in [5.41, 5.74) is -0.939. The average molecular weight is 480 g/mol. The van der Waals surface area contributed by atoms with Gasteiger partial charge in [-0.25, -0.2) is 0 Å². The van der Waals surface area contributed by atoms with E-state index in [2.05, 4.69) is 5.32 Å². The minimum Gasteiger partial charge on any atom is -0.489 e. The molecule has 7 nitrogen and oxygen atoms in total. The molecule has 0 bridgehead atoms. The normalized spacial score (nSPS) is 14.5. The van der Waals surface area contributed by atoms with Gasteiger partial charge >= 0.3 is 6.18 Å². The lowest BCUT2D eigenvalue weighted by Gasteiger charge is -2.31. The zero-order chi connectivity index (χ0) is 24.6. The van der Waals surface area contributed by atoms with E-state index in [1.54, 1.807) is 17.0 Å². The van der Waals surface area contributed by atoms with Crippen LogP contribution in [0.15, 0.2) is 48.5 Å². The molecule has 0 aliphatic carbocycles. The number of carbonyl (C=O) groups is 2. The number of methoxy groups -OCH3 is 1. The number of hydrogen-bond donors (Lipinski definition) is 1. The van der Waals surface area contributed by atoms with Gasteiger partial charge in [0.1, 0.15) is 18.1 Å². The molecule has 0 unspecified atom stereocenters. The molecule has 34 heavy (non-hydrogen) atoms. The van der Waals surface area contributed by atoms with Crippen LogP contribution in [-0.2, 0) is 20.5 Å². The Morgan fingerprint density at radius 1 is 1.03 bits per heavy atom. The Balaban J connectivity index is 1.56. The van der Waals surface area contributed by atoms with Crippen molar-refractivity contribution in [3.05, 3.63) is 54.1 Å². The summed E-state index contributed by atoms with van der Waals surface area (Å²) >= 11 is 0. The molecule has 1 fully saturated rings. The number of anilines is 1.